The molecule has 15 rings (SSSR count). The lowest BCUT2D eigenvalue weighted by Gasteiger charge is -2.64. The molecule has 10 aromatic rings. The van der Waals surface area contributed by atoms with E-state index in [4.69, 9.17) is 0 Å². The van der Waals surface area contributed by atoms with E-state index in [2.05, 4.69) is 204 Å². The van der Waals surface area contributed by atoms with Gasteiger partial charge in [-0.1, -0.05) is 128 Å². The number of rotatable bonds is 7. The van der Waals surface area contributed by atoms with Crippen LogP contribution in [0.1, 0.15) is 38.2 Å². The van der Waals surface area contributed by atoms with Crippen LogP contribution >= 0.6 is 11.3 Å². The van der Waals surface area contributed by atoms with E-state index in [-0.39, 0.29) is 0 Å². The average molecular weight is 803 g/mol. The number of benzene rings is 8. The highest BCUT2D eigenvalue weighted by Crippen LogP contribution is 2.71. The molecule has 2 aromatic heterocycles. The molecule has 61 heavy (non-hydrogen) atoms. The third-order valence-corrected chi connectivity index (χ3v) is 16.2. The average Bonchev–Trinajstić information content (AvgIpc) is 3.72. The maximum atomic E-state index is 2.50. The minimum absolute atomic E-state index is 0.431. The van der Waals surface area contributed by atoms with E-state index in [0.717, 1.165) is 40.7 Å². The third kappa shape index (κ3) is 5.46. The molecule has 0 radical (unpaired) electrons. The quantitative estimate of drug-likeness (QED) is 0.156. The van der Waals surface area contributed by atoms with Crippen molar-refractivity contribution in [1.29, 1.82) is 0 Å². The summed E-state index contributed by atoms with van der Waals surface area (Å²) < 4.78 is 5.03. The fourth-order valence-electron chi connectivity index (χ4n) is 12.3. The first kappa shape index (κ1) is 35.3. The fraction of sp³-hybridized carbons (Fsp3) is 0.172. The molecule has 294 valence electrons. The Morgan fingerprint density at radius 3 is 1.75 bits per heavy atom. The van der Waals surface area contributed by atoms with Crippen molar-refractivity contribution in [3.63, 3.8) is 0 Å². The van der Waals surface area contributed by atoms with Crippen molar-refractivity contribution in [2.24, 2.45) is 23.7 Å². The summed E-state index contributed by atoms with van der Waals surface area (Å²) in [6.07, 6.45) is 5.70. The van der Waals surface area contributed by atoms with Crippen LogP contribution in [0.25, 0.3) is 69.9 Å². The van der Waals surface area contributed by atoms with Crippen molar-refractivity contribution in [2.45, 2.75) is 38.0 Å². The van der Waals surface area contributed by atoms with Gasteiger partial charge in [-0.25, -0.2) is 0 Å². The molecular formula is C58H46N2S. The van der Waals surface area contributed by atoms with Crippen LogP contribution < -0.4 is 4.90 Å². The SMILES string of the molecule is C[C@H]1CC2CC3[C@@H]2C[C@]3(c2ccc(-c3ccc(N(c4ccc(-c5cccc(-n6c7ccccc7c7ccccc76)c5)cc4)c4ccc5c(c4)sc4ccccc45)cc3)cc2)C1. The van der Waals surface area contributed by atoms with Crippen molar-refractivity contribution in [1.82, 2.24) is 4.57 Å². The van der Waals surface area contributed by atoms with Gasteiger partial charge >= 0.3 is 0 Å². The summed E-state index contributed by atoms with van der Waals surface area (Å²) in [6, 6.07) is 70.3. The zero-order valence-corrected chi connectivity index (χ0v) is 35.2. The molecule has 5 aliphatic carbocycles. The minimum Gasteiger partial charge on any atom is -0.310 e. The molecule has 2 heterocycles. The van der Waals surface area contributed by atoms with E-state index < -0.39 is 0 Å². The van der Waals surface area contributed by atoms with Gasteiger partial charge in [0.1, 0.15) is 0 Å². The molecule has 4 bridgehead atoms. The molecule has 3 heteroatoms. The molecule has 5 atom stereocenters. The van der Waals surface area contributed by atoms with E-state index >= 15 is 0 Å². The summed E-state index contributed by atoms with van der Waals surface area (Å²) in [5, 5.41) is 5.19. The normalized spacial score (nSPS) is 21.7. The van der Waals surface area contributed by atoms with Crippen molar-refractivity contribution >= 4 is 70.4 Å². The van der Waals surface area contributed by atoms with Gasteiger partial charge < -0.3 is 9.47 Å². The van der Waals surface area contributed by atoms with Crippen LogP contribution in [0, 0.1) is 23.7 Å². The van der Waals surface area contributed by atoms with Crippen LogP contribution in [0.4, 0.5) is 17.1 Å². The first-order valence-electron chi connectivity index (χ1n) is 22.2. The van der Waals surface area contributed by atoms with Crippen LogP contribution in [0.15, 0.2) is 188 Å². The summed E-state index contributed by atoms with van der Waals surface area (Å²) in [6.45, 7) is 2.50. The Balaban J connectivity index is 0.852. The molecule has 0 amide bonds. The molecule has 2 nitrogen and oxygen atoms in total. The molecule has 2 unspecified atom stereocenters. The van der Waals surface area contributed by atoms with Crippen LogP contribution in [-0.2, 0) is 5.41 Å². The maximum absolute atomic E-state index is 2.50. The maximum Gasteiger partial charge on any atom is 0.0541 e. The van der Waals surface area contributed by atoms with Gasteiger partial charge in [0.2, 0.25) is 0 Å². The van der Waals surface area contributed by atoms with Gasteiger partial charge in [0, 0.05) is 53.7 Å². The molecule has 0 saturated heterocycles. The third-order valence-electron chi connectivity index (χ3n) is 15.1. The summed E-state index contributed by atoms with van der Waals surface area (Å²) in [4.78, 5) is 2.42. The highest BCUT2D eigenvalue weighted by molar-refractivity contribution is 7.25. The summed E-state index contributed by atoms with van der Waals surface area (Å²) in [5.74, 6) is 3.78. The number of fused-ring (bicyclic) bond motifs is 6. The molecule has 8 aromatic carbocycles. The van der Waals surface area contributed by atoms with Gasteiger partial charge in [0.15, 0.2) is 0 Å². The number of anilines is 3. The van der Waals surface area contributed by atoms with E-state index in [9.17, 15) is 0 Å². The van der Waals surface area contributed by atoms with E-state index in [0.29, 0.717) is 5.41 Å². The Labute approximate surface area is 361 Å². The highest BCUT2D eigenvalue weighted by atomic mass is 32.1. The summed E-state index contributed by atoms with van der Waals surface area (Å²) in [5.41, 5.74) is 14.0. The number of hydrogen-bond acceptors (Lipinski definition) is 2. The Hall–Kier alpha value is -6.42. The zero-order valence-electron chi connectivity index (χ0n) is 34.3. The molecule has 5 saturated carbocycles. The smallest absolute Gasteiger partial charge is 0.0541 e. The summed E-state index contributed by atoms with van der Waals surface area (Å²) in [7, 11) is 0. The standard InChI is InChI=1S/C58H46N2S/c1-37-31-42-33-53-52(42)36-58(53,35-37)43-23-17-38(18-24-43)39-19-25-44(26-20-39)59(47-29-30-51-50-13-4-7-16-56(50)61-57(51)34-47)45-27-21-40(22-28-45)41-9-8-10-46(32-41)60-54-14-5-2-11-48(54)49-12-3-6-15-55(49)60/h2-30,32,34,37,42,52-53H,31,33,35-36H2,1H3/t37-,42?,52+,53?,58-/m0/s1. The molecule has 5 fully saturated rings. The lowest BCUT2D eigenvalue weighted by atomic mass is 9.40. The van der Waals surface area contributed by atoms with E-state index in [1.54, 1.807) is 5.56 Å². The van der Waals surface area contributed by atoms with Crippen molar-refractivity contribution in [3.05, 3.63) is 194 Å². The Kier molecular flexibility index (Phi) is 7.85. The number of hydrogen-bond donors (Lipinski definition) is 0. The van der Waals surface area contributed by atoms with Crippen molar-refractivity contribution < 1.29 is 0 Å². The Morgan fingerprint density at radius 2 is 1.08 bits per heavy atom. The van der Waals surface area contributed by atoms with E-state index in [1.807, 2.05) is 11.3 Å². The van der Waals surface area contributed by atoms with E-state index in [1.165, 1.54) is 95.6 Å². The van der Waals surface area contributed by atoms with Gasteiger partial charge in [0.25, 0.3) is 0 Å². The molecular weight excluding hydrogens is 757 g/mol. The van der Waals surface area contributed by atoms with Gasteiger partial charge in [-0.2, -0.15) is 0 Å². The lowest BCUT2D eigenvalue weighted by molar-refractivity contribution is -0.0964. The molecule has 0 aliphatic heterocycles. The lowest BCUT2D eigenvalue weighted by Crippen LogP contribution is -2.59. The number of para-hydroxylation sites is 2. The Bertz CT molecular complexity index is 3250. The largest absolute Gasteiger partial charge is 0.310 e. The van der Waals surface area contributed by atoms with Crippen LogP contribution in [0.5, 0.6) is 0 Å². The first-order valence-corrected chi connectivity index (χ1v) is 23.0. The van der Waals surface area contributed by atoms with Crippen LogP contribution in [-0.4, -0.2) is 4.57 Å². The minimum atomic E-state index is 0.431. The second-order valence-corrected chi connectivity index (χ2v) is 19.5. The monoisotopic (exact) mass is 802 g/mol. The van der Waals surface area contributed by atoms with Gasteiger partial charge in [-0.3, -0.25) is 0 Å². The highest BCUT2D eigenvalue weighted by Gasteiger charge is 2.65. The van der Waals surface area contributed by atoms with Crippen LogP contribution in [0.2, 0.25) is 0 Å². The topological polar surface area (TPSA) is 8.17 Å². The molecule has 5 aliphatic rings. The predicted octanol–water partition coefficient (Wildman–Crippen LogP) is 16.3. The van der Waals surface area contributed by atoms with Crippen LogP contribution in [0.3, 0.4) is 0 Å². The second-order valence-electron chi connectivity index (χ2n) is 18.4. The molecule has 0 spiro atoms. The van der Waals surface area contributed by atoms with Crippen molar-refractivity contribution in [3.8, 4) is 27.9 Å². The van der Waals surface area contributed by atoms with Gasteiger partial charge in [0.05, 0.1) is 11.0 Å². The number of aromatic nitrogens is 1. The predicted molar refractivity (Wildman–Crippen MR) is 259 cm³/mol. The first-order chi connectivity index (χ1) is 30.1. The Morgan fingerprint density at radius 1 is 0.492 bits per heavy atom. The second kappa shape index (κ2) is 13.5. The number of thiophene rings is 1. The zero-order chi connectivity index (χ0) is 40.2. The fourth-order valence-corrected chi connectivity index (χ4v) is 13.4. The van der Waals surface area contributed by atoms with Crippen molar-refractivity contribution in [2.75, 3.05) is 4.90 Å². The number of nitrogens with zero attached hydrogens (tertiary/aromatic N) is 2. The molecule has 0 N–H and O–H groups in total. The summed E-state index contributed by atoms with van der Waals surface area (Å²) >= 11 is 1.87. The van der Waals surface area contributed by atoms with Gasteiger partial charge in [-0.05, 0) is 149 Å². The van der Waals surface area contributed by atoms with Gasteiger partial charge in [-0.15, -0.1) is 11.3 Å².